The molecule has 1 aromatic heterocycles. The van der Waals surface area contributed by atoms with Crippen LogP contribution in [0.2, 0.25) is 0 Å². The van der Waals surface area contributed by atoms with Gasteiger partial charge in [-0.3, -0.25) is 0 Å². The Morgan fingerprint density at radius 3 is 2.93 bits per heavy atom. The van der Waals surface area contributed by atoms with Crippen molar-refractivity contribution in [3.63, 3.8) is 0 Å². The molecule has 2 N–H and O–H groups in total. The number of halogens is 1. The minimum Gasteiger partial charge on any atom is -0.480 e. The van der Waals surface area contributed by atoms with E-state index in [0.29, 0.717) is 13.1 Å². The number of carbonyl (C=O) groups is 1. The normalized spacial score (nSPS) is 18.5. The first-order valence-corrected chi connectivity index (χ1v) is 5.98. The third-order valence-electron chi connectivity index (χ3n) is 2.16. The summed E-state index contributed by atoms with van der Waals surface area (Å²) < 4.78 is 6.15. The molecule has 0 aromatic carbocycles. The maximum Gasteiger partial charge on any atom is 0.329 e. The fourth-order valence-electron chi connectivity index (χ4n) is 1.33. The average Bonchev–Trinajstić information content (AvgIpc) is 2.50. The summed E-state index contributed by atoms with van der Waals surface area (Å²) in [6.07, 6.45) is 0. The number of ether oxygens (including phenoxy) is 1. The SMILES string of the molecule is O=C(O)COC1(c2nc(Br)cs2)CNC1. The lowest BCUT2D eigenvalue weighted by Crippen LogP contribution is -2.58. The first-order chi connectivity index (χ1) is 7.12. The first-order valence-electron chi connectivity index (χ1n) is 4.30. The largest absolute Gasteiger partial charge is 0.480 e. The van der Waals surface area contributed by atoms with Crippen LogP contribution in [0.15, 0.2) is 9.98 Å². The third-order valence-corrected chi connectivity index (χ3v) is 3.90. The third kappa shape index (κ3) is 2.20. The molecular weight excluding hydrogens is 284 g/mol. The summed E-state index contributed by atoms with van der Waals surface area (Å²) in [5.74, 6) is -0.961. The summed E-state index contributed by atoms with van der Waals surface area (Å²) in [6.45, 7) is 0.930. The van der Waals surface area contributed by atoms with Crippen LogP contribution in [0.3, 0.4) is 0 Å². The van der Waals surface area contributed by atoms with Gasteiger partial charge in [0, 0.05) is 18.5 Å². The van der Waals surface area contributed by atoms with Crippen LogP contribution in [0, 0.1) is 0 Å². The second-order valence-corrected chi connectivity index (χ2v) is 4.93. The molecule has 5 nitrogen and oxygen atoms in total. The van der Waals surface area contributed by atoms with Crippen molar-refractivity contribution in [2.45, 2.75) is 5.60 Å². The van der Waals surface area contributed by atoms with E-state index in [2.05, 4.69) is 26.2 Å². The van der Waals surface area contributed by atoms with E-state index in [1.54, 1.807) is 0 Å². The Hall–Kier alpha value is -0.500. The van der Waals surface area contributed by atoms with Gasteiger partial charge in [0.2, 0.25) is 0 Å². The first kappa shape index (κ1) is 11.0. The molecule has 1 aliphatic rings. The van der Waals surface area contributed by atoms with E-state index in [9.17, 15) is 4.79 Å². The number of carboxylic acid groups (broad SMARTS) is 1. The molecule has 0 bridgehead atoms. The van der Waals surface area contributed by atoms with Gasteiger partial charge in [0.1, 0.15) is 21.8 Å². The monoisotopic (exact) mass is 292 g/mol. The topological polar surface area (TPSA) is 71.5 Å². The Bertz CT molecular complexity index is 378. The van der Waals surface area contributed by atoms with Gasteiger partial charge in [-0.25, -0.2) is 9.78 Å². The van der Waals surface area contributed by atoms with Gasteiger partial charge < -0.3 is 15.2 Å². The van der Waals surface area contributed by atoms with Gasteiger partial charge in [-0.05, 0) is 15.9 Å². The Balaban J connectivity index is 2.11. The van der Waals surface area contributed by atoms with Gasteiger partial charge >= 0.3 is 5.97 Å². The lowest BCUT2D eigenvalue weighted by atomic mass is 9.98. The van der Waals surface area contributed by atoms with E-state index in [4.69, 9.17) is 9.84 Å². The summed E-state index contributed by atoms with van der Waals surface area (Å²) in [5, 5.41) is 14.3. The van der Waals surface area contributed by atoms with Crippen molar-refractivity contribution in [3.05, 3.63) is 15.0 Å². The zero-order valence-corrected chi connectivity index (χ0v) is 10.1. The number of aromatic nitrogens is 1. The minimum absolute atomic E-state index is 0.293. The zero-order valence-electron chi connectivity index (χ0n) is 7.70. The number of hydrogen-bond acceptors (Lipinski definition) is 5. The number of nitrogens with one attached hydrogen (secondary N) is 1. The maximum absolute atomic E-state index is 10.5. The van der Waals surface area contributed by atoms with Crippen molar-refractivity contribution in [1.29, 1.82) is 0 Å². The molecule has 1 saturated heterocycles. The Kier molecular flexibility index (Phi) is 3.06. The van der Waals surface area contributed by atoms with Gasteiger partial charge in [0.15, 0.2) is 0 Å². The molecule has 0 unspecified atom stereocenters. The smallest absolute Gasteiger partial charge is 0.329 e. The Morgan fingerprint density at radius 2 is 2.53 bits per heavy atom. The van der Waals surface area contributed by atoms with Crippen molar-refractivity contribution >= 4 is 33.2 Å². The fraction of sp³-hybridized carbons (Fsp3) is 0.500. The van der Waals surface area contributed by atoms with Crippen LogP contribution >= 0.6 is 27.3 Å². The molecule has 1 fully saturated rings. The molecule has 2 rings (SSSR count). The molecule has 0 spiro atoms. The molecule has 0 amide bonds. The van der Waals surface area contributed by atoms with E-state index in [1.807, 2.05) is 5.38 Å². The van der Waals surface area contributed by atoms with E-state index in [-0.39, 0.29) is 6.61 Å². The van der Waals surface area contributed by atoms with Crippen LogP contribution < -0.4 is 5.32 Å². The molecule has 15 heavy (non-hydrogen) atoms. The van der Waals surface area contributed by atoms with Gasteiger partial charge in [-0.15, -0.1) is 11.3 Å². The highest BCUT2D eigenvalue weighted by Gasteiger charge is 2.43. The number of rotatable bonds is 4. The number of thiazole rings is 1. The average molecular weight is 293 g/mol. The number of nitrogens with zero attached hydrogens (tertiary/aromatic N) is 1. The number of aliphatic carboxylic acids is 1. The predicted molar refractivity (Wildman–Crippen MR) is 57.9 cm³/mol. The molecule has 0 radical (unpaired) electrons. The molecule has 1 aromatic rings. The van der Waals surface area contributed by atoms with E-state index < -0.39 is 11.6 Å². The number of hydrogen-bond donors (Lipinski definition) is 2. The van der Waals surface area contributed by atoms with Crippen LogP contribution in [-0.4, -0.2) is 35.8 Å². The lowest BCUT2D eigenvalue weighted by molar-refractivity contribution is -0.155. The number of carboxylic acids is 1. The van der Waals surface area contributed by atoms with Crippen molar-refractivity contribution < 1.29 is 14.6 Å². The molecule has 82 valence electrons. The molecule has 7 heteroatoms. The minimum atomic E-state index is -0.961. The summed E-state index contributed by atoms with van der Waals surface area (Å²) in [4.78, 5) is 14.7. The molecule has 0 saturated carbocycles. The maximum atomic E-state index is 10.5. The summed E-state index contributed by atoms with van der Waals surface area (Å²) in [5.41, 5.74) is -0.547. The van der Waals surface area contributed by atoms with Crippen molar-refractivity contribution in [2.75, 3.05) is 19.7 Å². The van der Waals surface area contributed by atoms with E-state index in [0.717, 1.165) is 9.61 Å². The van der Waals surface area contributed by atoms with Crippen LogP contribution in [-0.2, 0) is 15.1 Å². The lowest BCUT2D eigenvalue weighted by Gasteiger charge is -2.40. The van der Waals surface area contributed by atoms with E-state index in [1.165, 1.54) is 11.3 Å². The highest BCUT2D eigenvalue weighted by molar-refractivity contribution is 9.10. The van der Waals surface area contributed by atoms with Crippen molar-refractivity contribution in [2.24, 2.45) is 0 Å². The van der Waals surface area contributed by atoms with Gasteiger partial charge in [-0.2, -0.15) is 0 Å². The Morgan fingerprint density at radius 1 is 1.80 bits per heavy atom. The summed E-state index contributed by atoms with van der Waals surface area (Å²) >= 11 is 4.73. The molecule has 0 atom stereocenters. The van der Waals surface area contributed by atoms with Gasteiger partial charge in [0.25, 0.3) is 0 Å². The fourth-order valence-corrected chi connectivity index (χ4v) is 2.74. The highest BCUT2D eigenvalue weighted by atomic mass is 79.9. The van der Waals surface area contributed by atoms with Crippen LogP contribution in [0.4, 0.5) is 0 Å². The van der Waals surface area contributed by atoms with Gasteiger partial charge in [0.05, 0.1) is 0 Å². The van der Waals surface area contributed by atoms with Gasteiger partial charge in [-0.1, -0.05) is 0 Å². The second kappa shape index (κ2) is 4.17. The molecule has 0 aliphatic carbocycles. The summed E-state index contributed by atoms with van der Waals surface area (Å²) in [7, 11) is 0. The van der Waals surface area contributed by atoms with Crippen molar-refractivity contribution in [3.8, 4) is 0 Å². The Labute approximate surface area is 98.6 Å². The highest BCUT2D eigenvalue weighted by Crippen LogP contribution is 2.33. The standard InChI is InChI=1S/C8H9BrN2O3S/c9-5-2-15-7(11-5)8(3-10-4-8)14-1-6(12)13/h2,10H,1,3-4H2,(H,12,13). The predicted octanol–water partition coefficient (Wildman–Crippen LogP) is 0.805. The zero-order chi connectivity index (χ0) is 10.9. The van der Waals surface area contributed by atoms with Crippen LogP contribution in [0.1, 0.15) is 5.01 Å². The van der Waals surface area contributed by atoms with E-state index >= 15 is 0 Å². The molecule has 1 aliphatic heterocycles. The summed E-state index contributed by atoms with van der Waals surface area (Å²) in [6, 6.07) is 0. The molecule has 2 heterocycles. The molecular formula is C8H9BrN2O3S. The van der Waals surface area contributed by atoms with Crippen LogP contribution in [0.25, 0.3) is 0 Å². The van der Waals surface area contributed by atoms with Crippen molar-refractivity contribution in [1.82, 2.24) is 10.3 Å². The second-order valence-electron chi connectivity index (χ2n) is 3.26. The van der Waals surface area contributed by atoms with Crippen LogP contribution in [0.5, 0.6) is 0 Å². The quantitative estimate of drug-likeness (QED) is 0.859.